The number of rotatable bonds is 6. The summed E-state index contributed by atoms with van der Waals surface area (Å²) < 4.78 is 5.37. The van der Waals surface area contributed by atoms with E-state index < -0.39 is 4.92 Å². The molecule has 1 N–H and O–H groups in total. The molecule has 1 amide bonds. The molecule has 0 saturated carbocycles. The second-order valence-electron chi connectivity index (χ2n) is 4.80. The van der Waals surface area contributed by atoms with Gasteiger partial charge in [0.25, 0.3) is 11.6 Å². The molecule has 22 heavy (non-hydrogen) atoms. The predicted octanol–water partition coefficient (Wildman–Crippen LogP) is 3.22. The van der Waals surface area contributed by atoms with Crippen molar-refractivity contribution in [3.8, 4) is 5.75 Å². The lowest BCUT2D eigenvalue weighted by Crippen LogP contribution is -2.30. The van der Waals surface area contributed by atoms with Gasteiger partial charge in [-0.1, -0.05) is 6.07 Å². The molecule has 0 spiro atoms. The van der Waals surface area contributed by atoms with Crippen LogP contribution in [0.15, 0.2) is 35.7 Å². The van der Waals surface area contributed by atoms with Crippen LogP contribution in [0.1, 0.15) is 23.4 Å². The van der Waals surface area contributed by atoms with Crippen molar-refractivity contribution in [2.75, 3.05) is 6.61 Å². The fraction of sp³-hybridized carbons (Fsp3) is 0.267. The second kappa shape index (κ2) is 7.04. The van der Waals surface area contributed by atoms with Gasteiger partial charge in [0, 0.05) is 16.5 Å². The number of benzene rings is 1. The first-order valence-electron chi connectivity index (χ1n) is 6.68. The monoisotopic (exact) mass is 320 g/mol. The zero-order valence-corrected chi connectivity index (χ0v) is 13.1. The number of ether oxygens (including phenoxy) is 1. The predicted molar refractivity (Wildman–Crippen MR) is 84.2 cm³/mol. The summed E-state index contributed by atoms with van der Waals surface area (Å²) in [6, 6.07) is 8.22. The quantitative estimate of drug-likeness (QED) is 0.654. The van der Waals surface area contributed by atoms with E-state index in [-0.39, 0.29) is 24.2 Å². The standard InChI is InChI=1S/C15H16N2O4S/c1-10-8-12(5-6-13(10)17(19)20)21-9-15(18)16-11(2)14-4-3-7-22-14/h3-8,11H,9H2,1-2H3,(H,16,18). The number of amides is 1. The maximum Gasteiger partial charge on any atom is 0.272 e. The van der Waals surface area contributed by atoms with Crippen molar-refractivity contribution in [2.45, 2.75) is 19.9 Å². The zero-order chi connectivity index (χ0) is 16.1. The summed E-state index contributed by atoms with van der Waals surface area (Å²) >= 11 is 1.57. The number of carbonyl (C=O) groups excluding carboxylic acids is 1. The lowest BCUT2D eigenvalue weighted by atomic mass is 10.2. The van der Waals surface area contributed by atoms with Gasteiger partial charge < -0.3 is 10.1 Å². The summed E-state index contributed by atoms with van der Waals surface area (Å²) in [7, 11) is 0. The number of nitrogens with zero attached hydrogens (tertiary/aromatic N) is 1. The third-order valence-electron chi connectivity index (χ3n) is 3.08. The fourth-order valence-corrected chi connectivity index (χ4v) is 2.70. The van der Waals surface area contributed by atoms with E-state index >= 15 is 0 Å². The van der Waals surface area contributed by atoms with Crippen molar-refractivity contribution < 1.29 is 14.5 Å². The van der Waals surface area contributed by atoms with Gasteiger partial charge in [-0.25, -0.2) is 0 Å². The van der Waals surface area contributed by atoms with Crippen molar-refractivity contribution in [1.29, 1.82) is 0 Å². The molecule has 0 bridgehead atoms. The molecule has 0 aliphatic heterocycles. The summed E-state index contributed by atoms with van der Waals surface area (Å²) in [4.78, 5) is 23.2. The number of nitro groups is 1. The number of nitro benzene ring substituents is 1. The first kappa shape index (κ1) is 16.0. The molecule has 0 saturated heterocycles. The zero-order valence-electron chi connectivity index (χ0n) is 12.2. The Balaban J connectivity index is 1.88. The van der Waals surface area contributed by atoms with Crippen LogP contribution in [-0.4, -0.2) is 17.4 Å². The van der Waals surface area contributed by atoms with Gasteiger partial charge in [0.1, 0.15) is 5.75 Å². The smallest absolute Gasteiger partial charge is 0.272 e. The van der Waals surface area contributed by atoms with Crippen LogP contribution in [0.4, 0.5) is 5.69 Å². The number of carbonyl (C=O) groups is 1. The minimum Gasteiger partial charge on any atom is -0.484 e. The van der Waals surface area contributed by atoms with Gasteiger partial charge in [-0.15, -0.1) is 11.3 Å². The van der Waals surface area contributed by atoms with E-state index in [1.165, 1.54) is 12.1 Å². The van der Waals surface area contributed by atoms with E-state index in [0.29, 0.717) is 11.3 Å². The summed E-state index contributed by atoms with van der Waals surface area (Å²) in [5.74, 6) is 0.193. The molecule has 0 aliphatic carbocycles. The van der Waals surface area contributed by atoms with Gasteiger partial charge in [0.15, 0.2) is 6.61 Å². The van der Waals surface area contributed by atoms with Crippen LogP contribution < -0.4 is 10.1 Å². The van der Waals surface area contributed by atoms with Crippen molar-refractivity contribution in [3.05, 3.63) is 56.3 Å². The van der Waals surface area contributed by atoms with E-state index in [1.807, 2.05) is 24.4 Å². The van der Waals surface area contributed by atoms with E-state index in [0.717, 1.165) is 4.88 Å². The van der Waals surface area contributed by atoms with Gasteiger partial charge in [-0.2, -0.15) is 0 Å². The Morgan fingerprint density at radius 2 is 2.23 bits per heavy atom. The first-order chi connectivity index (χ1) is 10.5. The topological polar surface area (TPSA) is 81.5 Å². The normalized spacial score (nSPS) is 11.7. The molecule has 1 heterocycles. The first-order valence-corrected chi connectivity index (χ1v) is 7.56. The highest BCUT2D eigenvalue weighted by Crippen LogP contribution is 2.23. The number of aryl methyl sites for hydroxylation is 1. The Labute approximate surface area is 131 Å². The van der Waals surface area contributed by atoms with Gasteiger partial charge in [0.05, 0.1) is 11.0 Å². The largest absolute Gasteiger partial charge is 0.484 e. The Morgan fingerprint density at radius 3 is 2.82 bits per heavy atom. The van der Waals surface area contributed by atoms with Crippen LogP contribution in [0, 0.1) is 17.0 Å². The molecular weight excluding hydrogens is 304 g/mol. The Morgan fingerprint density at radius 1 is 1.45 bits per heavy atom. The summed E-state index contributed by atoms with van der Waals surface area (Å²) in [6.45, 7) is 3.40. The summed E-state index contributed by atoms with van der Waals surface area (Å²) in [6.07, 6.45) is 0. The summed E-state index contributed by atoms with van der Waals surface area (Å²) in [5.41, 5.74) is 0.526. The van der Waals surface area contributed by atoms with Crippen molar-refractivity contribution in [3.63, 3.8) is 0 Å². The van der Waals surface area contributed by atoms with Gasteiger partial charge >= 0.3 is 0 Å². The van der Waals surface area contributed by atoms with Gasteiger partial charge in [-0.3, -0.25) is 14.9 Å². The molecule has 2 rings (SSSR count). The third kappa shape index (κ3) is 4.05. The second-order valence-corrected chi connectivity index (χ2v) is 5.78. The molecule has 0 aliphatic rings. The average Bonchev–Trinajstić information content (AvgIpc) is 2.99. The summed E-state index contributed by atoms with van der Waals surface area (Å²) in [5, 5.41) is 15.5. The number of thiophene rings is 1. The molecular formula is C15H16N2O4S. The molecule has 1 aromatic heterocycles. The lowest BCUT2D eigenvalue weighted by Gasteiger charge is -2.13. The SMILES string of the molecule is Cc1cc(OCC(=O)NC(C)c2cccs2)ccc1[N+](=O)[O-]. The van der Waals surface area contributed by atoms with Crippen LogP contribution >= 0.6 is 11.3 Å². The van der Waals surface area contributed by atoms with E-state index in [9.17, 15) is 14.9 Å². The van der Waals surface area contributed by atoms with Crippen LogP contribution in [0.25, 0.3) is 0 Å². The van der Waals surface area contributed by atoms with E-state index in [1.54, 1.807) is 24.3 Å². The molecule has 6 nitrogen and oxygen atoms in total. The third-order valence-corrected chi connectivity index (χ3v) is 4.14. The fourth-order valence-electron chi connectivity index (χ4n) is 1.96. The van der Waals surface area contributed by atoms with Crippen LogP contribution in [0.5, 0.6) is 5.75 Å². The highest BCUT2D eigenvalue weighted by atomic mass is 32.1. The minimum atomic E-state index is -0.450. The van der Waals surface area contributed by atoms with Crippen LogP contribution in [0.3, 0.4) is 0 Å². The number of hydrogen-bond donors (Lipinski definition) is 1. The molecule has 1 atom stereocenters. The molecule has 7 heteroatoms. The highest BCUT2D eigenvalue weighted by Gasteiger charge is 2.13. The number of nitrogens with one attached hydrogen (secondary N) is 1. The van der Waals surface area contributed by atoms with Crippen LogP contribution in [-0.2, 0) is 4.79 Å². The highest BCUT2D eigenvalue weighted by molar-refractivity contribution is 7.10. The minimum absolute atomic E-state index is 0.0307. The molecule has 1 aromatic carbocycles. The van der Waals surface area contributed by atoms with E-state index in [4.69, 9.17) is 4.74 Å². The van der Waals surface area contributed by atoms with Crippen molar-refractivity contribution in [2.24, 2.45) is 0 Å². The average molecular weight is 320 g/mol. The Hall–Kier alpha value is -2.41. The molecule has 116 valence electrons. The van der Waals surface area contributed by atoms with Gasteiger partial charge in [0.2, 0.25) is 0 Å². The maximum atomic E-state index is 11.8. The maximum absolute atomic E-state index is 11.8. The molecule has 1 unspecified atom stereocenters. The molecule has 2 aromatic rings. The van der Waals surface area contributed by atoms with Gasteiger partial charge in [-0.05, 0) is 37.4 Å². The van der Waals surface area contributed by atoms with E-state index in [2.05, 4.69) is 5.32 Å². The Kier molecular flexibility index (Phi) is 5.11. The van der Waals surface area contributed by atoms with Crippen molar-refractivity contribution >= 4 is 22.9 Å². The molecule has 0 radical (unpaired) electrons. The molecule has 0 fully saturated rings. The van der Waals surface area contributed by atoms with Crippen LogP contribution in [0.2, 0.25) is 0 Å². The lowest BCUT2D eigenvalue weighted by molar-refractivity contribution is -0.385. The Bertz CT molecular complexity index is 670. The van der Waals surface area contributed by atoms with Crippen molar-refractivity contribution in [1.82, 2.24) is 5.32 Å². The number of hydrogen-bond acceptors (Lipinski definition) is 5.